The minimum absolute atomic E-state index is 0.0598. The predicted molar refractivity (Wildman–Crippen MR) is 351 cm³/mol. The normalized spacial score (nSPS) is 15.8. The molecule has 1 saturated heterocycles. The molecule has 96 heavy (non-hydrogen) atoms. The van der Waals surface area contributed by atoms with Gasteiger partial charge in [-0.1, -0.05) is 114 Å². The van der Waals surface area contributed by atoms with Crippen LogP contribution in [0, 0.1) is 11.8 Å². The van der Waals surface area contributed by atoms with Gasteiger partial charge < -0.3 is 83.4 Å². The van der Waals surface area contributed by atoms with Gasteiger partial charge in [-0.3, -0.25) is 52.7 Å². The predicted octanol–water partition coefficient (Wildman–Crippen LogP) is 1.77. The average Bonchev–Trinajstić information content (AvgIpc) is 1.66. The van der Waals surface area contributed by atoms with Crippen molar-refractivity contribution in [3.8, 4) is 0 Å². The first-order valence-electron chi connectivity index (χ1n) is 32.1. The molecule has 3 aromatic heterocycles. The van der Waals surface area contributed by atoms with E-state index < -0.39 is 150 Å². The Balaban J connectivity index is 1.16. The topological polar surface area (TPSA) is 451 Å². The van der Waals surface area contributed by atoms with Crippen LogP contribution in [0.3, 0.4) is 0 Å². The Labute approximate surface area is 553 Å². The molecule has 0 bridgehead atoms. The van der Waals surface area contributed by atoms with E-state index in [4.69, 9.17) is 5.73 Å². The Kier molecular flexibility index (Phi) is 26.3. The Bertz CT molecular complexity index is 3720. The zero-order valence-electron chi connectivity index (χ0n) is 54.1. The maximum Gasteiger partial charge on any atom is 0.326 e. The maximum atomic E-state index is 15.2. The number of likely N-dealkylation sites (tertiary alicyclic amines) is 1. The van der Waals surface area contributed by atoms with Crippen molar-refractivity contribution in [3.63, 3.8) is 0 Å². The fourth-order valence-electron chi connectivity index (χ4n) is 11.6. The molecule has 29 heteroatoms. The second-order valence-corrected chi connectivity index (χ2v) is 24.9. The number of hydrogen-bond acceptors (Lipinski definition) is 14. The lowest BCUT2D eigenvalue weighted by atomic mass is 9.98. The molecule has 0 saturated carbocycles. The highest BCUT2D eigenvalue weighted by Crippen LogP contribution is 2.23. The van der Waals surface area contributed by atoms with Gasteiger partial charge in [-0.2, -0.15) is 0 Å². The number of nitrogens with two attached hydrogens (primary N) is 1. The van der Waals surface area contributed by atoms with Gasteiger partial charge >= 0.3 is 17.9 Å². The van der Waals surface area contributed by atoms with E-state index in [2.05, 4.69) is 62.5 Å². The third-order valence-electron chi connectivity index (χ3n) is 16.6. The molecule has 4 heterocycles. The van der Waals surface area contributed by atoms with E-state index in [-0.39, 0.29) is 57.4 Å². The summed E-state index contributed by atoms with van der Waals surface area (Å²) in [6.45, 7) is 8.89. The number of nitrogens with one attached hydrogen (secondary N) is 11. The van der Waals surface area contributed by atoms with Crippen LogP contribution in [0.25, 0.3) is 21.8 Å². The number of aliphatic carboxylic acids is 3. The van der Waals surface area contributed by atoms with E-state index in [1.807, 2.05) is 39.0 Å². The summed E-state index contributed by atoms with van der Waals surface area (Å²) in [6.07, 6.45) is 5.28. The molecule has 6 aromatic rings. The fourth-order valence-corrected chi connectivity index (χ4v) is 11.6. The van der Waals surface area contributed by atoms with Crippen molar-refractivity contribution in [2.75, 3.05) is 6.54 Å². The highest BCUT2D eigenvalue weighted by Gasteiger charge is 2.41. The van der Waals surface area contributed by atoms with Crippen molar-refractivity contribution >= 4 is 92.9 Å². The van der Waals surface area contributed by atoms with Crippen molar-refractivity contribution < 1.29 is 72.9 Å². The largest absolute Gasteiger partial charge is 0.481 e. The average molecular weight is 1330 g/mol. The Morgan fingerprint density at radius 3 is 1.58 bits per heavy atom. The zero-order valence-corrected chi connectivity index (χ0v) is 54.1. The lowest BCUT2D eigenvalue weighted by Crippen LogP contribution is -2.62. The number of nitrogens with zero attached hydrogens (tertiary/aromatic N) is 2. The second kappa shape index (κ2) is 34.6. The minimum atomic E-state index is -1.92. The highest BCUT2D eigenvalue weighted by atomic mass is 16.4. The number of H-pyrrole nitrogens is 3. The number of imidazole rings is 1. The lowest BCUT2D eigenvalue weighted by Gasteiger charge is -2.29. The van der Waals surface area contributed by atoms with Gasteiger partial charge in [-0.15, -0.1) is 0 Å². The number of carbonyl (C=O) groups excluding carboxylic acids is 9. The standard InChI is InChI=1S/C67H86N14O15/c1-6-7-20-47(67(95)96)73-58(86)48(25-36(2)3)74-60(88)50(27-39-32-70-45-21-13-11-18-42(39)45)79-65(93)57(37(4)5)80-63(91)51(28-40-33-71-46-22-14-12-19-43(40)46)76-59(87)49(26-38-16-9-8-10-17-38)75-62(90)53(31-56(84)85)77-61(89)52(29-41-34-69-35-72-41)78-64(92)54-23-15-24-81(54)66(94)44(68)30-55(82)83/h8-14,16-19,21-22,32-37,44,47-54,57,70-71H,6-7,15,20,23-31,68H2,1-5H3,(H,69,72)(H,73,86)(H,74,88)(H,75,90)(H,76,87)(H,77,89)(H,78,92)(H,79,93)(H,80,91)(H,82,83)(H,84,85)(H,95,96)/t44-,47-,48-,49-,50-,51-,52-,53-,54-,57-/m0/s1. The van der Waals surface area contributed by atoms with Crippen LogP contribution >= 0.6 is 0 Å². The van der Waals surface area contributed by atoms with Crippen molar-refractivity contribution in [2.24, 2.45) is 17.6 Å². The van der Waals surface area contributed by atoms with Gasteiger partial charge in [0.15, 0.2) is 0 Å². The van der Waals surface area contributed by atoms with Crippen molar-refractivity contribution in [2.45, 2.75) is 172 Å². The minimum Gasteiger partial charge on any atom is -0.481 e. The van der Waals surface area contributed by atoms with Crippen LogP contribution < -0.4 is 48.3 Å². The molecule has 29 nitrogen and oxygen atoms in total. The molecule has 16 N–H and O–H groups in total. The number of para-hydroxylation sites is 2. The number of benzene rings is 3. The summed E-state index contributed by atoms with van der Waals surface area (Å²) >= 11 is 0. The molecule has 9 amide bonds. The lowest BCUT2D eigenvalue weighted by molar-refractivity contribution is -0.144. The van der Waals surface area contributed by atoms with Gasteiger partial charge in [0.05, 0.1) is 25.2 Å². The first kappa shape index (κ1) is 73.0. The summed E-state index contributed by atoms with van der Waals surface area (Å²) in [6, 6.07) is 8.27. The summed E-state index contributed by atoms with van der Waals surface area (Å²) in [5, 5.41) is 52.2. The van der Waals surface area contributed by atoms with Gasteiger partial charge in [-0.25, -0.2) is 9.78 Å². The summed E-state index contributed by atoms with van der Waals surface area (Å²) in [7, 11) is 0. The fraction of sp³-hybridized carbons (Fsp3) is 0.448. The van der Waals surface area contributed by atoms with Crippen LogP contribution in [0.15, 0.2) is 104 Å². The Morgan fingerprint density at radius 2 is 1.05 bits per heavy atom. The van der Waals surface area contributed by atoms with Crippen LogP contribution in [-0.2, 0) is 83.2 Å². The van der Waals surface area contributed by atoms with E-state index in [1.54, 1.807) is 86.9 Å². The molecule has 1 fully saturated rings. The van der Waals surface area contributed by atoms with Crippen LogP contribution in [0.1, 0.15) is 108 Å². The Morgan fingerprint density at radius 1 is 0.562 bits per heavy atom. The molecule has 10 atom stereocenters. The van der Waals surface area contributed by atoms with E-state index in [9.17, 15) is 63.3 Å². The molecule has 0 aliphatic carbocycles. The SMILES string of the molecule is CCCC[C@H](NC(=O)[C@H](CC(C)C)NC(=O)[C@H](Cc1c[nH]c2ccccc12)NC(=O)[C@@H](NC(=O)[C@H](Cc1c[nH]c2ccccc12)NC(=O)[C@H](Cc1ccccc1)NC(=O)[C@H](CC(=O)O)NC(=O)[C@H](Cc1cnc[nH]1)NC(=O)[C@@H]1CCCN1C(=O)[C@@H](N)CC(=O)O)C(C)C)C(=O)O. The number of aromatic nitrogens is 4. The number of unbranched alkanes of at least 4 members (excludes halogenated alkanes) is 1. The number of hydrogen-bond donors (Lipinski definition) is 15. The number of rotatable bonds is 36. The van der Waals surface area contributed by atoms with Crippen LogP contribution in [-0.4, -0.2) is 178 Å². The van der Waals surface area contributed by atoms with E-state index in [0.717, 1.165) is 15.8 Å². The van der Waals surface area contributed by atoms with Gasteiger partial charge in [0.25, 0.3) is 0 Å². The summed E-state index contributed by atoms with van der Waals surface area (Å²) in [5.41, 5.74) is 9.28. The number of carboxylic acids is 3. The highest BCUT2D eigenvalue weighted by molar-refractivity contribution is 6.00. The number of fused-ring (bicyclic) bond motifs is 2. The van der Waals surface area contributed by atoms with Crippen molar-refractivity contribution in [3.05, 3.63) is 126 Å². The third-order valence-corrected chi connectivity index (χ3v) is 16.6. The van der Waals surface area contributed by atoms with Crippen LogP contribution in [0.2, 0.25) is 0 Å². The van der Waals surface area contributed by atoms with Gasteiger partial charge in [0, 0.05) is 78.3 Å². The summed E-state index contributed by atoms with van der Waals surface area (Å²) < 4.78 is 0. The first-order chi connectivity index (χ1) is 45.8. The molecule has 0 radical (unpaired) electrons. The zero-order chi connectivity index (χ0) is 69.8. The van der Waals surface area contributed by atoms with Gasteiger partial charge in [0.2, 0.25) is 53.2 Å². The van der Waals surface area contributed by atoms with Crippen LogP contribution in [0.4, 0.5) is 0 Å². The molecular formula is C67H86N14O15. The monoisotopic (exact) mass is 1330 g/mol. The smallest absolute Gasteiger partial charge is 0.326 e. The maximum absolute atomic E-state index is 15.2. The second-order valence-electron chi connectivity index (χ2n) is 24.9. The summed E-state index contributed by atoms with van der Waals surface area (Å²) in [4.78, 5) is 180. The molecule has 514 valence electrons. The quantitative estimate of drug-likeness (QED) is 0.0266. The number of carbonyl (C=O) groups is 12. The number of amides is 9. The molecule has 1 aliphatic rings. The molecular weight excluding hydrogens is 1240 g/mol. The van der Waals surface area contributed by atoms with E-state index in [0.29, 0.717) is 52.5 Å². The van der Waals surface area contributed by atoms with E-state index >= 15 is 9.59 Å². The Hall–Kier alpha value is -10.4. The first-order valence-corrected chi connectivity index (χ1v) is 32.1. The molecule has 3 aromatic carbocycles. The molecule has 0 unspecified atom stereocenters. The third kappa shape index (κ3) is 20.5. The number of carboxylic acid groups (broad SMARTS) is 3. The van der Waals surface area contributed by atoms with Crippen molar-refractivity contribution in [1.82, 2.24) is 67.4 Å². The molecule has 0 spiro atoms. The van der Waals surface area contributed by atoms with Gasteiger partial charge in [-0.05, 0) is 66.3 Å². The summed E-state index contributed by atoms with van der Waals surface area (Å²) in [5.74, 6) is -13.0. The van der Waals surface area contributed by atoms with Gasteiger partial charge in [0.1, 0.15) is 54.4 Å². The van der Waals surface area contributed by atoms with E-state index in [1.165, 1.54) is 12.5 Å². The van der Waals surface area contributed by atoms with Crippen molar-refractivity contribution in [1.29, 1.82) is 0 Å². The number of aromatic amines is 3. The van der Waals surface area contributed by atoms with Crippen LogP contribution in [0.5, 0.6) is 0 Å². The molecule has 1 aliphatic heterocycles. The molecule has 7 rings (SSSR count).